The molecule has 0 aliphatic carbocycles. The molecule has 2 amide bonds. The predicted octanol–water partition coefficient (Wildman–Crippen LogP) is 4.12. The van der Waals surface area contributed by atoms with Crippen molar-refractivity contribution in [3.8, 4) is 21.9 Å². The maximum Gasteiger partial charge on any atom is 0.258 e. The summed E-state index contributed by atoms with van der Waals surface area (Å²) >= 11 is 1.14. The van der Waals surface area contributed by atoms with Crippen molar-refractivity contribution < 1.29 is 23.2 Å². The second-order valence-electron chi connectivity index (χ2n) is 8.99. The first-order valence-corrected chi connectivity index (χ1v) is 12.5. The summed E-state index contributed by atoms with van der Waals surface area (Å²) in [5.74, 6) is -1.07. The van der Waals surface area contributed by atoms with Crippen LogP contribution in [0, 0.1) is 12.7 Å². The number of ketones is 1. The fourth-order valence-corrected chi connectivity index (χ4v) is 5.96. The van der Waals surface area contributed by atoms with Gasteiger partial charge in [-0.15, -0.1) is 21.5 Å². The van der Waals surface area contributed by atoms with Crippen LogP contribution >= 0.6 is 11.3 Å². The van der Waals surface area contributed by atoms with Crippen LogP contribution in [0.4, 0.5) is 4.39 Å². The Morgan fingerprint density at radius 3 is 2.59 bits per heavy atom. The monoisotopic (exact) mass is 517 g/mol. The van der Waals surface area contributed by atoms with Gasteiger partial charge in [-0.05, 0) is 49.2 Å². The number of fused-ring (bicyclic) bond motifs is 3. The average molecular weight is 518 g/mol. The number of hydrogen-bond donors (Lipinski definition) is 1. The zero-order valence-corrected chi connectivity index (χ0v) is 20.5. The summed E-state index contributed by atoms with van der Waals surface area (Å²) in [6.45, 7) is 2.24. The molecule has 11 heteroatoms. The van der Waals surface area contributed by atoms with Gasteiger partial charge in [-0.25, -0.2) is 4.39 Å². The number of hydrogen-bond acceptors (Lipinski definition) is 8. The first kappa shape index (κ1) is 23.2. The average Bonchev–Trinajstić information content (AvgIpc) is 3.66. The van der Waals surface area contributed by atoms with Gasteiger partial charge in [0.05, 0.1) is 39.9 Å². The molecular formula is C26H20FN5O4S. The minimum Gasteiger partial charge on any atom is -0.421 e. The smallest absolute Gasteiger partial charge is 0.258 e. The molecular weight excluding hydrogens is 497 g/mol. The summed E-state index contributed by atoms with van der Waals surface area (Å²) in [6.07, 6.45) is 1.47. The van der Waals surface area contributed by atoms with E-state index in [2.05, 4.69) is 10.2 Å². The minimum atomic E-state index is -0.587. The van der Waals surface area contributed by atoms with Crippen molar-refractivity contribution in [2.75, 3.05) is 6.54 Å². The molecule has 6 rings (SSSR count). The molecule has 0 unspecified atom stereocenters. The molecule has 5 heterocycles. The van der Waals surface area contributed by atoms with E-state index >= 15 is 0 Å². The van der Waals surface area contributed by atoms with E-state index in [9.17, 15) is 18.8 Å². The van der Waals surface area contributed by atoms with Gasteiger partial charge in [0.25, 0.3) is 11.8 Å². The van der Waals surface area contributed by atoms with Gasteiger partial charge in [0.2, 0.25) is 11.8 Å². The van der Waals surface area contributed by atoms with E-state index in [0.29, 0.717) is 55.8 Å². The Balaban J connectivity index is 1.61. The summed E-state index contributed by atoms with van der Waals surface area (Å²) in [5.41, 5.74) is 8.06. The molecule has 1 fully saturated rings. The Morgan fingerprint density at radius 1 is 1.14 bits per heavy atom. The van der Waals surface area contributed by atoms with E-state index in [1.54, 1.807) is 24.0 Å². The van der Waals surface area contributed by atoms with Crippen molar-refractivity contribution in [2.24, 2.45) is 5.73 Å². The van der Waals surface area contributed by atoms with E-state index in [-0.39, 0.29) is 30.0 Å². The molecule has 4 aromatic rings. The van der Waals surface area contributed by atoms with Crippen LogP contribution in [0.3, 0.4) is 0 Å². The summed E-state index contributed by atoms with van der Waals surface area (Å²) in [4.78, 5) is 46.4. The molecule has 0 spiro atoms. The van der Waals surface area contributed by atoms with Crippen molar-refractivity contribution in [1.82, 2.24) is 20.1 Å². The number of nitrogens with two attached hydrogens (primary N) is 1. The Kier molecular flexibility index (Phi) is 5.45. The predicted molar refractivity (Wildman–Crippen MR) is 132 cm³/mol. The van der Waals surface area contributed by atoms with Crippen LogP contribution < -0.4 is 5.73 Å². The van der Waals surface area contributed by atoms with Crippen LogP contribution in [0.15, 0.2) is 40.8 Å². The van der Waals surface area contributed by atoms with Gasteiger partial charge in [-0.3, -0.25) is 19.4 Å². The molecule has 0 bridgehead atoms. The van der Waals surface area contributed by atoms with E-state index in [4.69, 9.17) is 15.1 Å². The minimum absolute atomic E-state index is 0.110. The van der Waals surface area contributed by atoms with Gasteiger partial charge >= 0.3 is 0 Å². The third-order valence-electron chi connectivity index (χ3n) is 6.67. The van der Waals surface area contributed by atoms with Crippen molar-refractivity contribution in [1.29, 1.82) is 0 Å². The van der Waals surface area contributed by atoms with Crippen LogP contribution in [0.1, 0.15) is 66.5 Å². The number of aromatic nitrogens is 3. The fraction of sp³-hybridized carbons (Fsp3) is 0.231. The van der Waals surface area contributed by atoms with Crippen LogP contribution in [-0.4, -0.2) is 44.2 Å². The summed E-state index contributed by atoms with van der Waals surface area (Å²) < 4.78 is 19.2. The standard InChI is InChI=1S/C26H20FN5O4S/c1-12-30-31-25(36-12)20-15(11-17(33)13-4-6-14(27)7-5-13)29-23-16-3-2-10-32(16)26(35)22(23)21(20)18-8-9-19(37-18)24(28)34/h4-9,16H,2-3,10-11H2,1H3,(H2,28,34)/t16-/m0/s1. The van der Waals surface area contributed by atoms with E-state index in [1.807, 2.05) is 0 Å². The first-order chi connectivity index (χ1) is 17.8. The molecule has 0 saturated carbocycles. The Morgan fingerprint density at radius 2 is 1.92 bits per heavy atom. The Labute approximate surface area is 214 Å². The maximum absolute atomic E-state index is 13.6. The van der Waals surface area contributed by atoms with Gasteiger partial charge in [0, 0.05) is 29.5 Å². The molecule has 3 aromatic heterocycles. The summed E-state index contributed by atoms with van der Waals surface area (Å²) in [5, 5.41) is 8.14. The molecule has 37 heavy (non-hydrogen) atoms. The quantitative estimate of drug-likeness (QED) is 0.381. The lowest BCUT2D eigenvalue weighted by Gasteiger charge is -2.16. The number of thiophene rings is 1. The molecule has 1 aromatic carbocycles. The van der Waals surface area contributed by atoms with Crippen molar-refractivity contribution in [2.45, 2.75) is 32.2 Å². The van der Waals surface area contributed by atoms with Crippen LogP contribution in [0.25, 0.3) is 21.9 Å². The number of Topliss-reactive ketones (excluding diaryl/α,β-unsaturated/α-hetero) is 1. The van der Waals surface area contributed by atoms with Crippen LogP contribution in [-0.2, 0) is 6.42 Å². The molecule has 186 valence electrons. The third-order valence-corrected chi connectivity index (χ3v) is 7.79. The molecule has 2 aliphatic heterocycles. The SMILES string of the molecule is Cc1nnc(-c2c(CC(=O)c3ccc(F)cc3)nc3c(c2-c2ccc(C(N)=O)s2)C(=O)N2CCC[C@@H]32)o1. The number of carbonyl (C=O) groups excluding carboxylic acids is 3. The fourth-order valence-electron chi connectivity index (χ4n) is 5.05. The highest BCUT2D eigenvalue weighted by atomic mass is 32.1. The highest BCUT2D eigenvalue weighted by Gasteiger charge is 2.45. The maximum atomic E-state index is 13.6. The molecule has 9 nitrogen and oxygen atoms in total. The van der Waals surface area contributed by atoms with Crippen LogP contribution in [0.5, 0.6) is 0 Å². The van der Waals surface area contributed by atoms with Crippen molar-refractivity contribution >= 4 is 28.9 Å². The number of halogens is 1. The van der Waals surface area contributed by atoms with Gasteiger partial charge in [-0.1, -0.05) is 0 Å². The van der Waals surface area contributed by atoms with Gasteiger partial charge in [0.1, 0.15) is 5.82 Å². The second-order valence-corrected chi connectivity index (χ2v) is 10.1. The third kappa shape index (κ3) is 3.82. The largest absolute Gasteiger partial charge is 0.421 e. The number of primary amides is 1. The lowest BCUT2D eigenvalue weighted by Crippen LogP contribution is -2.22. The van der Waals surface area contributed by atoms with Crippen molar-refractivity contribution in [3.63, 3.8) is 0 Å². The summed E-state index contributed by atoms with van der Waals surface area (Å²) in [7, 11) is 0. The van der Waals surface area contributed by atoms with Gasteiger partial charge in [-0.2, -0.15) is 0 Å². The normalized spacial score (nSPS) is 16.2. The number of aryl methyl sites for hydroxylation is 1. The van der Waals surface area contributed by atoms with E-state index in [0.717, 1.165) is 24.2 Å². The molecule has 1 saturated heterocycles. The molecule has 2 N–H and O–H groups in total. The number of carbonyl (C=O) groups is 3. The first-order valence-electron chi connectivity index (χ1n) is 11.7. The summed E-state index contributed by atoms with van der Waals surface area (Å²) in [6, 6.07) is 8.41. The zero-order valence-electron chi connectivity index (χ0n) is 19.7. The topological polar surface area (TPSA) is 132 Å². The van der Waals surface area contributed by atoms with Crippen LogP contribution in [0.2, 0.25) is 0 Å². The molecule has 2 aliphatic rings. The highest BCUT2D eigenvalue weighted by molar-refractivity contribution is 7.17. The number of rotatable bonds is 6. The highest BCUT2D eigenvalue weighted by Crippen LogP contribution is 2.49. The van der Waals surface area contributed by atoms with Gasteiger partial charge < -0.3 is 15.1 Å². The molecule has 1 atom stereocenters. The van der Waals surface area contributed by atoms with E-state index in [1.165, 1.54) is 24.3 Å². The van der Waals surface area contributed by atoms with Crippen molar-refractivity contribution in [3.05, 3.63) is 75.5 Å². The lowest BCUT2D eigenvalue weighted by atomic mass is 9.93. The number of benzene rings is 1. The second kappa shape index (κ2) is 8.70. The lowest BCUT2D eigenvalue weighted by molar-refractivity contribution is 0.0775. The molecule has 0 radical (unpaired) electrons. The number of amides is 2. The zero-order chi connectivity index (χ0) is 25.8. The van der Waals surface area contributed by atoms with Gasteiger partial charge in [0.15, 0.2) is 5.78 Å². The Hall–Kier alpha value is -4.25. The number of nitrogens with zero attached hydrogens (tertiary/aromatic N) is 4. The van der Waals surface area contributed by atoms with E-state index < -0.39 is 11.7 Å². The Bertz CT molecular complexity index is 1590. The number of pyridine rings is 1.